The second-order valence-electron chi connectivity index (χ2n) is 3.35. The number of aromatic nitrogens is 2. The van der Waals surface area contributed by atoms with Gasteiger partial charge >= 0.3 is 0 Å². The van der Waals surface area contributed by atoms with Gasteiger partial charge in [0.2, 0.25) is 0 Å². The van der Waals surface area contributed by atoms with Crippen molar-refractivity contribution < 1.29 is 5.11 Å². The summed E-state index contributed by atoms with van der Waals surface area (Å²) in [5.41, 5.74) is 0.414. The van der Waals surface area contributed by atoms with Crippen molar-refractivity contribution in [2.45, 2.75) is 6.10 Å². The first-order valence-corrected chi connectivity index (χ1v) is 6.18. The zero-order valence-corrected chi connectivity index (χ0v) is 10.3. The molecular weight excluding hydrogens is 262 g/mol. The third kappa shape index (κ3) is 2.85. The number of anilines is 1. The van der Waals surface area contributed by atoms with E-state index in [0.29, 0.717) is 0 Å². The van der Waals surface area contributed by atoms with Gasteiger partial charge in [-0.1, -0.05) is 11.6 Å². The Kier molecular flexibility index (Phi) is 3.78. The van der Waals surface area contributed by atoms with E-state index in [0.717, 1.165) is 5.56 Å². The van der Waals surface area contributed by atoms with Crippen molar-refractivity contribution in [3.8, 4) is 0 Å². The number of halogens is 1. The first kappa shape index (κ1) is 12.1. The lowest BCUT2D eigenvalue weighted by atomic mass is 10.2. The summed E-state index contributed by atoms with van der Waals surface area (Å²) in [6.07, 6.45) is 0.603. The van der Waals surface area contributed by atoms with Crippen LogP contribution in [0.2, 0.25) is 5.02 Å². The minimum absolute atomic E-state index is 0.00924. The average Bonchev–Trinajstić information content (AvgIpc) is 2.84. The molecule has 5 nitrogen and oxygen atoms in total. The molecule has 0 aliphatic carbocycles. The summed E-state index contributed by atoms with van der Waals surface area (Å²) in [4.78, 5) is 17.4. The van der Waals surface area contributed by atoms with E-state index in [2.05, 4.69) is 15.3 Å². The Morgan fingerprint density at radius 1 is 1.65 bits per heavy atom. The Labute approximate surface area is 106 Å². The van der Waals surface area contributed by atoms with Crippen LogP contribution in [0.15, 0.2) is 27.9 Å². The highest BCUT2D eigenvalue weighted by Gasteiger charge is 2.10. The molecule has 2 rings (SSSR count). The number of nitrogens with zero attached hydrogens (tertiary/aromatic N) is 1. The molecule has 0 aliphatic rings. The van der Waals surface area contributed by atoms with Crippen LogP contribution in [0, 0.1) is 0 Å². The quantitative estimate of drug-likeness (QED) is 0.790. The molecule has 0 aliphatic heterocycles. The van der Waals surface area contributed by atoms with Crippen LogP contribution in [0.3, 0.4) is 0 Å². The maximum absolute atomic E-state index is 11.2. The van der Waals surface area contributed by atoms with Gasteiger partial charge < -0.3 is 15.4 Å². The molecule has 90 valence electrons. The number of nitrogens with one attached hydrogen (secondary N) is 2. The second-order valence-corrected chi connectivity index (χ2v) is 4.51. The molecular formula is C10H10ClN3O2S. The highest BCUT2D eigenvalue weighted by molar-refractivity contribution is 7.07. The van der Waals surface area contributed by atoms with Gasteiger partial charge in [-0.15, -0.1) is 0 Å². The molecule has 1 atom stereocenters. The minimum atomic E-state index is -0.654. The molecule has 17 heavy (non-hydrogen) atoms. The highest BCUT2D eigenvalue weighted by atomic mass is 35.5. The predicted octanol–water partition coefficient (Wildman–Crippen LogP) is 1.63. The monoisotopic (exact) mass is 271 g/mol. The van der Waals surface area contributed by atoms with Gasteiger partial charge in [0.05, 0.1) is 12.4 Å². The summed E-state index contributed by atoms with van der Waals surface area (Å²) in [6, 6.07) is 1.84. The van der Waals surface area contributed by atoms with Crippen molar-refractivity contribution in [2.75, 3.05) is 11.9 Å². The summed E-state index contributed by atoms with van der Waals surface area (Å²) in [6.45, 7) is 0.243. The molecule has 7 heteroatoms. The largest absolute Gasteiger partial charge is 0.387 e. The van der Waals surface area contributed by atoms with Crippen LogP contribution in [0.4, 0.5) is 5.82 Å². The van der Waals surface area contributed by atoms with Crippen molar-refractivity contribution in [2.24, 2.45) is 0 Å². The van der Waals surface area contributed by atoms with Crippen LogP contribution in [-0.2, 0) is 0 Å². The molecule has 0 aromatic carbocycles. The van der Waals surface area contributed by atoms with Crippen molar-refractivity contribution in [3.05, 3.63) is 44.1 Å². The fraction of sp³-hybridized carbons (Fsp3) is 0.200. The molecule has 0 saturated carbocycles. The second kappa shape index (κ2) is 5.31. The first-order valence-electron chi connectivity index (χ1n) is 4.85. The molecule has 0 radical (unpaired) electrons. The normalized spacial score (nSPS) is 12.4. The Hall–Kier alpha value is -1.37. The van der Waals surface area contributed by atoms with Gasteiger partial charge in [-0.05, 0) is 22.4 Å². The number of aromatic amines is 1. The SMILES string of the molecule is O=c1[nH]cnc(NCC(O)c2ccsc2)c1Cl. The van der Waals surface area contributed by atoms with Gasteiger partial charge in [0.25, 0.3) is 5.56 Å². The zero-order valence-electron chi connectivity index (χ0n) is 8.68. The molecule has 0 saturated heterocycles. The van der Waals surface area contributed by atoms with Gasteiger partial charge in [0.1, 0.15) is 5.02 Å². The molecule has 0 bridgehead atoms. The summed E-state index contributed by atoms with van der Waals surface area (Å²) < 4.78 is 0. The van der Waals surface area contributed by atoms with Crippen LogP contribution in [0.5, 0.6) is 0 Å². The van der Waals surface area contributed by atoms with E-state index in [9.17, 15) is 9.90 Å². The van der Waals surface area contributed by atoms with Gasteiger partial charge in [-0.3, -0.25) is 4.79 Å². The van der Waals surface area contributed by atoms with Gasteiger partial charge in [-0.2, -0.15) is 11.3 Å². The van der Waals surface area contributed by atoms with E-state index in [4.69, 9.17) is 11.6 Å². The number of hydrogen-bond acceptors (Lipinski definition) is 5. The van der Waals surface area contributed by atoms with Gasteiger partial charge in [-0.25, -0.2) is 4.98 Å². The molecule has 1 unspecified atom stereocenters. The Bertz CT molecular complexity index is 541. The van der Waals surface area contributed by atoms with Crippen LogP contribution < -0.4 is 10.9 Å². The third-order valence-electron chi connectivity index (χ3n) is 2.19. The van der Waals surface area contributed by atoms with Crippen LogP contribution in [0.25, 0.3) is 0 Å². The van der Waals surface area contributed by atoms with E-state index >= 15 is 0 Å². The van der Waals surface area contributed by atoms with Crippen LogP contribution >= 0.6 is 22.9 Å². The molecule has 2 aromatic rings. The minimum Gasteiger partial charge on any atom is -0.387 e. The van der Waals surface area contributed by atoms with Crippen molar-refractivity contribution in [3.63, 3.8) is 0 Å². The molecule has 0 amide bonds. The van der Waals surface area contributed by atoms with E-state index < -0.39 is 11.7 Å². The number of hydrogen-bond donors (Lipinski definition) is 3. The third-order valence-corrected chi connectivity index (χ3v) is 3.24. The van der Waals surface area contributed by atoms with E-state index in [1.165, 1.54) is 17.7 Å². The fourth-order valence-electron chi connectivity index (χ4n) is 1.28. The molecule has 2 heterocycles. The fourth-order valence-corrected chi connectivity index (χ4v) is 2.16. The smallest absolute Gasteiger partial charge is 0.271 e. The molecule has 0 fully saturated rings. The summed E-state index contributed by atoms with van der Waals surface area (Å²) in [5.74, 6) is 0.268. The molecule has 2 aromatic heterocycles. The van der Waals surface area contributed by atoms with Crippen molar-refractivity contribution in [1.82, 2.24) is 9.97 Å². The molecule has 0 spiro atoms. The Morgan fingerprint density at radius 2 is 2.47 bits per heavy atom. The number of aliphatic hydroxyl groups is 1. The van der Waals surface area contributed by atoms with Gasteiger partial charge in [0, 0.05) is 6.54 Å². The summed E-state index contributed by atoms with van der Waals surface area (Å²) in [5, 5.41) is 16.4. The topological polar surface area (TPSA) is 78.0 Å². The summed E-state index contributed by atoms with van der Waals surface area (Å²) in [7, 11) is 0. The predicted molar refractivity (Wildman–Crippen MR) is 67.6 cm³/mol. The number of rotatable bonds is 4. The highest BCUT2D eigenvalue weighted by Crippen LogP contribution is 2.18. The van der Waals surface area contributed by atoms with Crippen molar-refractivity contribution >= 4 is 28.8 Å². The lowest BCUT2D eigenvalue weighted by Crippen LogP contribution is -2.16. The number of H-pyrrole nitrogens is 1. The lowest BCUT2D eigenvalue weighted by molar-refractivity contribution is 0.192. The molecule has 3 N–H and O–H groups in total. The summed E-state index contributed by atoms with van der Waals surface area (Å²) >= 11 is 7.26. The van der Waals surface area contributed by atoms with Crippen molar-refractivity contribution in [1.29, 1.82) is 0 Å². The zero-order chi connectivity index (χ0) is 12.3. The van der Waals surface area contributed by atoms with E-state index in [1.807, 2.05) is 16.8 Å². The van der Waals surface area contributed by atoms with Crippen LogP contribution in [0.1, 0.15) is 11.7 Å². The maximum atomic E-state index is 11.2. The Morgan fingerprint density at radius 3 is 3.18 bits per heavy atom. The Balaban J connectivity index is 2.03. The standard InChI is InChI=1S/C10H10ClN3O2S/c11-8-9(13-5-14-10(8)16)12-3-7(15)6-1-2-17-4-6/h1-2,4-5,7,15H,3H2,(H2,12,13,14,16). The lowest BCUT2D eigenvalue weighted by Gasteiger charge is -2.11. The van der Waals surface area contributed by atoms with Crippen LogP contribution in [-0.4, -0.2) is 21.6 Å². The van der Waals surface area contributed by atoms with E-state index in [-0.39, 0.29) is 17.4 Å². The number of thiophene rings is 1. The van der Waals surface area contributed by atoms with Gasteiger partial charge in [0.15, 0.2) is 5.82 Å². The van der Waals surface area contributed by atoms with E-state index in [1.54, 1.807) is 0 Å². The average molecular weight is 272 g/mol. The number of aliphatic hydroxyl groups excluding tert-OH is 1. The maximum Gasteiger partial charge on any atom is 0.271 e. The first-order chi connectivity index (χ1) is 8.18.